The molecule has 0 aliphatic rings. The number of nitrogens with zero attached hydrogens (tertiary/aromatic N) is 4. The lowest BCUT2D eigenvalue weighted by atomic mass is 10.2. The van der Waals surface area contributed by atoms with Gasteiger partial charge in [-0.15, -0.1) is 0 Å². The number of non-ortho nitro benzene ring substituents is 1. The Labute approximate surface area is 113 Å². The molecule has 1 unspecified atom stereocenters. The maximum absolute atomic E-state index is 11.0. The highest BCUT2D eigenvalue weighted by Gasteiger charge is 2.19. The van der Waals surface area contributed by atoms with Gasteiger partial charge in [0.05, 0.1) is 4.92 Å². The molecule has 2 rings (SSSR count). The van der Waals surface area contributed by atoms with Crippen LogP contribution in [0, 0.1) is 10.1 Å². The number of nitro benzene ring substituents is 1. The molecule has 8 nitrogen and oxygen atoms in total. The van der Waals surface area contributed by atoms with Gasteiger partial charge in [0.1, 0.15) is 6.33 Å². The maximum Gasteiger partial charge on any atom is 0.328 e. The lowest BCUT2D eigenvalue weighted by Gasteiger charge is -2.08. The van der Waals surface area contributed by atoms with Crippen LogP contribution in [0.25, 0.3) is 11.4 Å². The van der Waals surface area contributed by atoms with Gasteiger partial charge in [-0.25, -0.2) is 14.5 Å². The molecule has 0 saturated carbocycles. The summed E-state index contributed by atoms with van der Waals surface area (Å²) >= 11 is 0. The van der Waals surface area contributed by atoms with Crippen LogP contribution in [0.2, 0.25) is 0 Å². The van der Waals surface area contributed by atoms with Gasteiger partial charge in [-0.3, -0.25) is 10.1 Å². The first-order chi connectivity index (χ1) is 9.52. The molecule has 0 aliphatic carbocycles. The van der Waals surface area contributed by atoms with Gasteiger partial charge in [0.15, 0.2) is 11.9 Å². The van der Waals surface area contributed by atoms with Crippen molar-refractivity contribution in [1.29, 1.82) is 0 Å². The monoisotopic (exact) mass is 276 g/mol. The van der Waals surface area contributed by atoms with Gasteiger partial charge in [-0.05, 0) is 18.6 Å². The van der Waals surface area contributed by atoms with Gasteiger partial charge in [-0.1, -0.05) is 6.92 Å². The fourth-order valence-corrected chi connectivity index (χ4v) is 1.76. The molecule has 0 fully saturated rings. The summed E-state index contributed by atoms with van der Waals surface area (Å²) in [5, 5.41) is 23.7. The van der Waals surface area contributed by atoms with E-state index in [4.69, 9.17) is 5.11 Å². The Balaban J connectivity index is 2.28. The zero-order valence-corrected chi connectivity index (χ0v) is 10.6. The van der Waals surface area contributed by atoms with Crippen molar-refractivity contribution in [1.82, 2.24) is 14.8 Å². The van der Waals surface area contributed by atoms with Gasteiger partial charge in [0.25, 0.3) is 5.69 Å². The summed E-state index contributed by atoms with van der Waals surface area (Å²) in [4.78, 5) is 25.1. The molecule has 1 atom stereocenters. The number of rotatable bonds is 5. The van der Waals surface area contributed by atoms with Crippen LogP contribution in [-0.4, -0.2) is 30.8 Å². The van der Waals surface area contributed by atoms with Crippen LogP contribution in [0.1, 0.15) is 19.4 Å². The maximum atomic E-state index is 11.0. The topological polar surface area (TPSA) is 111 Å². The van der Waals surface area contributed by atoms with Crippen molar-refractivity contribution in [3.63, 3.8) is 0 Å². The minimum absolute atomic E-state index is 0.0230. The van der Waals surface area contributed by atoms with E-state index in [0.717, 1.165) is 0 Å². The fourth-order valence-electron chi connectivity index (χ4n) is 1.76. The predicted molar refractivity (Wildman–Crippen MR) is 69.1 cm³/mol. The van der Waals surface area contributed by atoms with Crippen molar-refractivity contribution in [2.45, 2.75) is 19.4 Å². The Kier molecular flexibility index (Phi) is 3.74. The van der Waals surface area contributed by atoms with Crippen LogP contribution in [0.4, 0.5) is 5.69 Å². The van der Waals surface area contributed by atoms with E-state index in [2.05, 4.69) is 10.1 Å². The largest absolute Gasteiger partial charge is 0.480 e. The first kappa shape index (κ1) is 13.7. The van der Waals surface area contributed by atoms with Gasteiger partial charge in [-0.2, -0.15) is 5.10 Å². The second-order valence-corrected chi connectivity index (χ2v) is 4.11. The molecular weight excluding hydrogens is 264 g/mol. The standard InChI is InChI=1S/C12H12N4O4/c1-2-10(12(17)18)15-7-13-11(14-15)8-3-5-9(6-4-8)16(19)20/h3-7,10H,2H2,1H3,(H,17,18). The Hall–Kier alpha value is -2.77. The number of aromatic nitrogens is 3. The number of carbonyl (C=O) groups is 1. The third kappa shape index (κ3) is 2.63. The minimum Gasteiger partial charge on any atom is -0.480 e. The van der Waals surface area contributed by atoms with Gasteiger partial charge in [0.2, 0.25) is 0 Å². The Morgan fingerprint density at radius 3 is 2.60 bits per heavy atom. The molecule has 0 aliphatic heterocycles. The van der Waals surface area contributed by atoms with E-state index in [1.54, 1.807) is 6.92 Å². The van der Waals surface area contributed by atoms with Crippen LogP contribution in [0.5, 0.6) is 0 Å². The second kappa shape index (κ2) is 5.47. The van der Waals surface area contributed by atoms with E-state index >= 15 is 0 Å². The summed E-state index contributed by atoms with van der Waals surface area (Å²) in [7, 11) is 0. The molecule has 8 heteroatoms. The number of hydrogen-bond acceptors (Lipinski definition) is 5. The highest BCUT2D eigenvalue weighted by molar-refractivity contribution is 5.71. The van der Waals surface area contributed by atoms with E-state index in [0.29, 0.717) is 17.8 Å². The summed E-state index contributed by atoms with van der Waals surface area (Å²) in [5.41, 5.74) is 0.569. The molecule has 20 heavy (non-hydrogen) atoms. The van der Waals surface area contributed by atoms with E-state index in [-0.39, 0.29) is 5.69 Å². The number of carboxylic acids is 1. The molecule has 0 saturated heterocycles. The number of benzene rings is 1. The van der Waals surface area contributed by atoms with E-state index in [1.165, 1.54) is 35.3 Å². The molecular formula is C12H12N4O4. The molecule has 2 aromatic rings. The van der Waals surface area contributed by atoms with Gasteiger partial charge in [0, 0.05) is 17.7 Å². The van der Waals surface area contributed by atoms with Crippen molar-refractivity contribution in [3.05, 3.63) is 40.7 Å². The SMILES string of the molecule is CCC(C(=O)O)n1cnc(-c2ccc([N+](=O)[O-])cc2)n1. The Bertz CT molecular complexity index is 635. The number of aliphatic carboxylic acids is 1. The molecule has 0 spiro atoms. The first-order valence-corrected chi connectivity index (χ1v) is 5.91. The highest BCUT2D eigenvalue weighted by Crippen LogP contribution is 2.20. The Morgan fingerprint density at radius 2 is 2.10 bits per heavy atom. The molecule has 1 heterocycles. The van der Waals surface area contributed by atoms with E-state index < -0.39 is 16.9 Å². The van der Waals surface area contributed by atoms with Crippen molar-refractivity contribution in [2.75, 3.05) is 0 Å². The first-order valence-electron chi connectivity index (χ1n) is 5.91. The number of nitro groups is 1. The quantitative estimate of drug-likeness (QED) is 0.659. The molecule has 1 aromatic heterocycles. The average Bonchev–Trinajstić information content (AvgIpc) is 2.88. The van der Waals surface area contributed by atoms with Crippen LogP contribution in [-0.2, 0) is 4.79 Å². The van der Waals surface area contributed by atoms with Gasteiger partial charge < -0.3 is 5.11 Å². The van der Waals surface area contributed by atoms with Crippen molar-refractivity contribution in [3.8, 4) is 11.4 Å². The lowest BCUT2D eigenvalue weighted by Crippen LogP contribution is -2.18. The highest BCUT2D eigenvalue weighted by atomic mass is 16.6. The predicted octanol–water partition coefficient (Wildman–Crippen LogP) is 1.89. The van der Waals surface area contributed by atoms with Crippen molar-refractivity contribution < 1.29 is 14.8 Å². The Morgan fingerprint density at radius 1 is 1.45 bits per heavy atom. The molecule has 0 radical (unpaired) electrons. The normalized spacial score (nSPS) is 12.1. The molecule has 0 bridgehead atoms. The summed E-state index contributed by atoms with van der Waals surface area (Å²) in [5.74, 6) is -0.646. The van der Waals surface area contributed by atoms with Crippen molar-refractivity contribution in [2.24, 2.45) is 0 Å². The van der Waals surface area contributed by atoms with Crippen molar-refractivity contribution >= 4 is 11.7 Å². The smallest absolute Gasteiger partial charge is 0.328 e. The molecule has 0 amide bonds. The van der Waals surface area contributed by atoms with Crippen LogP contribution in [0.3, 0.4) is 0 Å². The van der Waals surface area contributed by atoms with Crippen LogP contribution in [0.15, 0.2) is 30.6 Å². The summed E-state index contributed by atoms with van der Waals surface area (Å²) in [6.45, 7) is 1.74. The summed E-state index contributed by atoms with van der Waals surface area (Å²) in [6, 6.07) is 4.99. The number of hydrogen-bond donors (Lipinski definition) is 1. The van der Waals surface area contributed by atoms with E-state index in [1.807, 2.05) is 0 Å². The minimum atomic E-state index is -0.979. The summed E-state index contributed by atoms with van der Waals surface area (Å²) < 4.78 is 1.28. The fraction of sp³-hybridized carbons (Fsp3) is 0.250. The van der Waals surface area contributed by atoms with Crippen LogP contribution < -0.4 is 0 Å². The van der Waals surface area contributed by atoms with Crippen LogP contribution >= 0.6 is 0 Å². The zero-order chi connectivity index (χ0) is 14.7. The summed E-state index contributed by atoms with van der Waals surface area (Å²) in [6.07, 6.45) is 1.73. The molecule has 104 valence electrons. The zero-order valence-electron chi connectivity index (χ0n) is 10.6. The molecule has 1 aromatic carbocycles. The number of carboxylic acid groups (broad SMARTS) is 1. The molecule has 1 N–H and O–H groups in total. The second-order valence-electron chi connectivity index (χ2n) is 4.11. The third-order valence-electron chi connectivity index (χ3n) is 2.84. The lowest BCUT2D eigenvalue weighted by molar-refractivity contribution is -0.384. The van der Waals surface area contributed by atoms with E-state index in [9.17, 15) is 14.9 Å². The van der Waals surface area contributed by atoms with Gasteiger partial charge >= 0.3 is 5.97 Å². The third-order valence-corrected chi connectivity index (χ3v) is 2.84. The average molecular weight is 276 g/mol.